The van der Waals surface area contributed by atoms with Crippen molar-refractivity contribution in [3.05, 3.63) is 113 Å². The number of nitrogens with two attached hydrogens (primary N) is 1. The van der Waals surface area contributed by atoms with E-state index in [0.717, 1.165) is 46.4 Å². The molecule has 0 radical (unpaired) electrons. The summed E-state index contributed by atoms with van der Waals surface area (Å²) in [7, 11) is 1.99. The molecule has 2 N–H and O–H groups in total. The van der Waals surface area contributed by atoms with Crippen molar-refractivity contribution in [1.29, 1.82) is 0 Å². The molecule has 0 spiro atoms. The second kappa shape index (κ2) is 16.5. The van der Waals surface area contributed by atoms with E-state index in [0.29, 0.717) is 17.9 Å². The number of nitrogens with zero attached hydrogens (tertiary/aromatic N) is 1. The third-order valence-electron chi connectivity index (χ3n) is 5.35. The quantitative estimate of drug-likeness (QED) is 0.113. The molecule has 0 heterocycles. The van der Waals surface area contributed by atoms with Crippen LogP contribution in [0.5, 0.6) is 0 Å². The standard InChI is InChI=1S/C30H34N2O3.C2H6/c1-6-11-29(32(5)28-17-15-24(16-18-28)30(34)35-7-2)22(3)20-25(12-8-9-19-33)23(4)26-13-10-14-27(31)21-26;1-2/h8-21H,4,6-7,31H2,1-3,5H3;1-2H3/b9-8+,22-20+,25-12+,29-11+;. The Morgan fingerprint density at radius 3 is 2.30 bits per heavy atom. The first kappa shape index (κ1) is 30.9. The molecule has 196 valence electrons. The third-order valence-corrected chi connectivity index (χ3v) is 5.35. The summed E-state index contributed by atoms with van der Waals surface area (Å²) in [5.74, 6) is -0.333. The second-order valence-electron chi connectivity index (χ2n) is 7.90. The monoisotopic (exact) mass is 500 g/mol. The molecular formula is C32H40N2O3. The van der Waals surface area contributed by atoms with E-state index in [1.807, 2.05) is 76.4 Å². The molecule has 5 heteroatoms. The van der Waals surface area contributed by atoms with Gasteiger partial charge in [0, 0.05) is 24.1 Å². The van der Waals surface area contributed by atoms with E-state index in [1.165, 1.54) is 6.08 Å². The van der Waals surface area contributed by atoms with Gasteiger partial charge in [0.15, 0.2) is 0 Å². The largest absolute Gasteiger partial charge is 0.462 e. The van der Waals surface area contributed by atoms with Crippen LogP contribution in [0.25, 0.3) is 5.57 Å². The van der Waals surface area contributed by atoms with Crippen LogP contribution in [0.3, 0.4) is 0 Å². The molecule has 0 unspecified atom stereocenters. The molecule has 2 aromatic carbocycles. The first-order valence-corrected chi connectivity index (χ1v) is 12.6. The van der Waals surface area contributed by atoms with Gasteiger partial charge < -0.3 is 15.4 Å². The Morgan fingerprint density at radius 2 is 1.73 bits per heavy atom. The number of nitrogen functional groups attached to an aromatic ring is 1. The predicted molar refractivity (Wildman–Crippen MR) is 157 cm³/mol. The van der Waals surface area contributed by atoms with Crippen molar-refractivity contribution < 1.29 is 14.3 Å². The Balaban J connectivity index is 0.00000334. The lowest BCUT2D eigenvalue weighted by molar-refractivity contribution is -0.104. The zero-order chi connectivity index (χ0) is 27.8. The maximum absolute atomic E-state index is 12.0. The number of hydrogen-bond acceptors (Lipinski definition) is 5. The number of benzene rings is 2. The average molecular weight is 501 g/mol. The van der Waals surface area contributed by atoms with Gasteiger partial charge in [-0.05, 0) is 91.1 Å². The number of carbonyl (C=O) groups is 2. The zero-order valence-electron chi connectivity index (χ0n) is 23.0. The van der Waals surface area contributed by atoms with Crippen LogP contribution in [0.1, 0.15) is 57.0 Å². The second-order valence-corrected chi connectivity index (χ2v) is 7.90. The maximum atomic E-state index is 12.0. The minimum Gasteiger partial charge on any atom is -0.462 e. The third kappa shape index (κ3) is 9.45. The fourth-order valence-corrected chi connectivity index (χ4v) is 3.57. The van der Waals surface area contributed by atoms with Gasteiger partial charge in [-0.15, -0.1) is 0 Å². The molecule has 0 saturated carbocycles. The Labute approximate surface area is 222 Å². The van der Waals surface area contributed by atoms with Crippen molar-refractivity contribution in [2.75, 3.05) is 24.3 Å². The van der Waals surface area contributed by atoms with Crippen molar-refractivity contribution >= 4 is 29.2 Å². The summed E-state index contributed by atoms with van der Waals surface area (Å²) in [6.07, 6.45) is 10.8. The smallest absolute Gasteiger partial charge is 0.338 e. The molecule has 0 aliphatic rings. The molecule has 0 amide bonds. The number of carbonyl (C=O) groups excluding carboxylic acids is 2. The average Bonchev–Trinajstić information content (AvgIpc) is 2.91. The number of esters is 1. The predicted octanol–water partition coefficient (Wildman–Crippen LogP) is 7.54. The Kier molecular flexibility index (Phi) is 13.8. The highest BCUT2D eigenvalue weighted by molar-refractivity contribution is 5.90. The molecular weight excluding hydrogens is 460 g/mol. The Hall–Kier alpha value is -4.12. The van der Waals surface area contributed by atoms with Gasteiger partial charge in [-0.1, -0.05) is 57.7 Å². The summed E-state index contributed by atoms with van der Waals surface area (Å²) in [6.45, 7) is 14.5. The van der Waals surface area contributed by atoms with E-state index >= 15 is 0 Å². The fraction of sp³-hybridized carbons (Fsp3) is 0.250. The van der Waals surface area contributed by atoms with Crippen LogP contribution >= 0.6 is 0 Å². The van der Waals surface area contributed by atoms with Gasteiger partial charge in [-0.25, -0.2) is 4.79 Å². The molecule has 0 fully saturated rings. The fourth-order valence-electron chi connectivity index (χ4n) is 3.57. The molecule has 0 saturated heterocycles. The molecule has 5 nitrogen and oxygen atoms in total. The maximum Gasteiger partial charge on any atom is 0.338 e. The summed E-state index contributed by atoms with van der Waals surface area (Å²) in [5, 5.41) is 0. The molecule has 0 bridgehead atoms. The summed E-state index contributed by atoms with van der Waals surface area (Å²) < 4.78 is 5.08. The number of likely N-dealkylation sites (N-methyl/N-ethyl adjacent to an activating group) is 1. The van der Waals surface area contributed by atoms with Crippen molar-refractivity contribution in [1.82, 2.24) is 0 Å². The van der Waals surface area contributed by atoms with Crippen LogP contribution in [0.2, 0.25) is 0 Å². The Morgan fingerprint density at radius 1 is 1.05 bits per heavy atom. The highest BCUT2D eigenvalue weighted by Crippen LogP contribution is 2.29. The first-order chi connectivity index (χ1) is 17.8. The van der Waals surface area contributed by atoms with Crippen molar-refractivity contribution in [3.8, 4) is 0 Å². The number of rotatable bonds is 11. The van der Waals surface area contributed by atoms with E-state index in [-0.39, 0.29) is 5.97 Å². The lowest BCUT2D eigenvalue weighted by atomic mass is 9.96. The number of aldehydes is 1. The minimum absolute atomic E-state index is 0.333. The van der Waals surface area contributed by atoms with Gasteiger partial charge in [0.25, 0.3) is 0 Å². The van der Waals surface area contributed by atoms with Crippen LogP contribution < -0.4 is 10.6 Å². The van der Waals surface area contributed by atoms with Crippen LogP contribution in [-0.4, -0.2) is 25.9 Å². The highest BCUT2D eigenvalue weighted by Gasteiger charge is 2.13. The van der Waals surface area contributed by atoms with Crippen LogP contribution in [-0.2, 0) is 9.53 Å². The van der Waals surface area contributed by atoms with E-state index in [2.05, 4.69) is 24.5 Å². The molecule has 2 aromatic rings. The van der Waals surface area contributed by atoms with E-state index in [9.17, 15) is 9.59 Å². The number of anilines is 2. The number of ether oxygens (including phenoxy) is 1. The summed E-state index contributed by atoms with van der Waals surface area (Å²) in [4.78, 5) is 24.9. The molecule has 0 atom stereocenters. The van der Waals surface area contributed by atoms with E-state index < -0.39 is 0 Å². The van der Waals surface area contributed by atoms with Crippen molar-refractivity contribution in [2.24, 2.45) is 0 Å². The lowest BCUT2D eigenvalue weighted by Gasteiger charge is -2.24. The van der Waals surface area contributed by atoms with E-state index in [1.54, 1.807) is 25.1 Å². The molecule has 0 aliphatic carbocycles. The zero-order valence-corrected chi connectivity index (χ0v) is 23.0. The molecule has 0 aliphatic heterocycles. The summed E-state index contributed by atoms with van der Waals surface area (Å²) in [6, 6.07) is 14.9. The van der Waals surface area contributed by atoms with E-state index in [4.69, 9.17) is 10.5 Å². The van der Waals surface area contributed by atoms with Crippen LogP contribution in [0, 0.1) is 0 Å². The van der Waals surface area contributed by atoms with Crippen LogP contribution in [0.4, 0.5) is 11.4 Å². The van der Waals surface area contributed by atoms with Gasteiger partial charge in [0.05, 0.1) is 12.2 Å². The minimum atomic E-state index is -0.333. The SMILES string of the molecule is C=C(C(=C/C=C/C=O)/C=C(C)/C(=C\CC)N(C)c1ccc(C(=O)OCC)cc1)c1cccc(N)c1.CC. The highest BCUT2D eigenvalue weighted by atomic mass is 16.5. The normalized spacial score (nSPS) is 12.0. The van der Waals surface area contributed by atoms with Crippen molar-refractivity contribution in [2.45, 2.75) is 41.0 Å². The number of hydrogen-bond donors (Lipinski definition) is 1. The number of allylic oxidation sites excluding steroid dienone is 8. The van der Waals surface area contributed by atoms with Crippen molar-refractivity contribution in [3.63, 3.8) is 0 Å². The molecule has 37 heavy (non-hydrogen) atoms. The van der Waals surface area contributed by atoms with Crippen LogP contribution in [0.15, 0.2) is 102 Å². The summed E-state index contributed by atoms with van der Waals surface area (Å²) >= 11 is 0. The molecule has 2 rings (SSSR count). The lowest BCUT2D eigenvalue weighted by Crippen LogP contribution is -2.18. The van der Waals surface area contributed by atoms with Gasteiger partial charge in [0.1, 0.15) is 6.29 Å². The summed E-state index contributed by atoms with van der Waals surface area (Å²) in [5.41, 5.74) is 12.7. The molecule has 0 aromatic heterocycles. The van der Waals surface area contributed by atoms with Gasteiger partial charge >= 0.3 is 5.97 Å². The van der Waals surface area contributed by atoms with Gasteiger partial charge in [-0.3, -0.25) is 4.79 Å². The van der Waals surface area contributed by atoms with Gasteiger partial charge in [-0.2, -0.15) is 0 Å². The van der Waals surface area contributed by atoms with Gasteiger partial charge in [0.2, 0.25) is 0 Å². The Bertz CT molecular complexity index is 1170. The first-order valence-electron chi connectivity index (χ1n) is 12.6. The topological polar surface area (TPSA) is 72.6 Å².